The summed E-state index contributed by atoms with van der Waals surface area (Å²) in [6.45, 7) is 3.39. The van der Waals surface area contributed by atoms with Crippen molar-refractivity contribution >= 4 is 23.1 Å². The van der Waals surface area contributed by atoms with Gasteiger partial charge in [0.05, 0.1) is 18.5 Å². The fourth-order valence-electron chi connectivity index (χ4n) is 3.19. The lowest BCUT2D eigenvalue weighted by atomic mass is 10.1. The number of amides is 1. The first-order valence-electron chi connectivity index (χ1n) is 8.73. The molecule has 1 amide bonds. The lowest BCUT2D eigenvalue weighted by molar-refractivity contribution is 0.160. The summed E-state index contributed by atoms with van der Waals surface area (Å²) in [6.07, 6.45) is 5.61. The molecule has 0 fully saturated rings. The maximum absolute atomic E-state index is 12.0. The van der Waals surface area contributed by atoms with Crippen molar-refractivity contribution in [3.63, 3.8) is 0 Å². The average molecular weight is 362 g/mol. The van der Waals surface area contributed by atoms with Crippen LogP contribution in [0.15, 0.2) is 36.8 Å². The minimum atomic E-state index is -0.299. The van der Waals surface area contributed by atoms with Crippen LogP contribution in [0.4, 0.5) is 16.2 Å². The number of nitrogens with one attached hydrogen (secondary N) is 1. The Morgan fingerprint density at radius 3 is 3.11 bits per heavy atom. The zero-order chi connectivity index (χ0) is 18.8. The van der Waals surface area contributed by atoms with Gasteiger partial charge in [0.15, 0.2) is 5.65 Å². The number of carbonyl (C=O) groups is 1. The highest BCUT2D eigenvalue weighted by molar-refractivity contribution is 5.90. The van der Waals surface area contributed by atoms with Crippen LogP contribution in [0.3, 0.4) is 0 Å². The van der Waals surface area contributed by atoms with E-state index in [2.05, 4.69) is 27.5 Å². The SMILES string of the molecule is CCOC(=O)N1CCc2cc(NCc3cnc4c(C#N)cnn4c3)ccc21. The van der Waals surface area contributed by atoms with Gasteiger partial charge in [-0.2, -0.15) is 10.4 Å². The minimum absolute atomic E-state index is 0.299. The van der Waals surface area contributed by atoms with E-state index in [1.807, 2.05) is 18.3 Å². The van der Waals surface area contributed by atoms with Crippen molar-refractivity contribution in [3.8, 4) is 6.07 Å². The molecule has 0 radical (unpaired) electrons. The Kier molecular flexibility index (Phi) is 4.34. The molecule has 8 nitrogen and oxygen atoms in total. The Bertz CT molecular complexity index is 1050. The van der Waals surface area contributed by atoms with Crippen LogP contribution in [0.5, 0.6) is 0 Å². The van der Waals surface area contributed by atoms with Gasteiger partial charge in [-0.3, -0.25) is 4.90 Å². The molecule has 0 spiro atoms. The van der Waals surface area contributed by atoms with E-state index in [0.717, 1.165) is 28.9 Å². The predicted molar refractivity (Wildman–Crippen MR) is 99.5 cm³/mol. The zero-order valence-electron chi connectivity index (χ0n) is 14.8. The summed E-state index contributed by atoms with van der Waals surface area (Å²) in [6, 6.07) is 8.02. The molecular formula is C19H18N6O2. The molecule has 1 aromatic carbocycles. The van der Waals surface area contributed by atoms with E-state index in [4.69, 9.17) is 10.00 Å². The summed E-state index contributed by atoms with van der Waals surface area (Å²) >= 11 is 0. The highest BCUT2D eigenvalue weighted by atomic mass is 16.6. The van der Waals surface area contributed by atoms with Crippen molar-refractivity contribution < 1.29 is 9.53 Å². The zero-order valence-corrected chi connectivity index (χ0v) is 14.8. The fourth-order valence-corrected chi connectivity index (χ4v) is 3.19. The van der Waals surface area contributed by atoms with Gasteiger partial charge in [0.1, 0.15) is 11.6 Å². The van der Waals surface area contributed by atoms with Crippen molar-refractivity contribution in [2.24, 2.45) is 0 Å². The highest BCUT2D eigenvalue weighted by Crippen LogP contribution is 2.31. The topological polar surface area (TPSA) is 95.5 Å². The first-order chi connectivity index (χ1) is 13.2. The van der Waals surface area contributed by atoms with Crippen molar-refractivity contribution in [2.75, 3.05) is 23.4 Å². The van der Waals surface area contributed by atoms with Gasteiger partial charge >= 0.3 is 6.09 Å². The second-order valence-corrected chi connectivity index (χ2v) is 6.20. The number of fused-ring (bicyclic) bond motifs is 2. The fraction of sp³-hybridized carbons (Fsp3) is 0.263. The van der Waals surface area contributed by atoms with E-state index in [1.54, 1.807) is 22.5 Å². The molecule has 0 bridgehead atoms. The van der Waals surface area contributed by atoms with Crippen LogP contribution in [0.25, 0.3) is 5.65 Å². The van der Waals surface area contributed by atoms with Gasteiger partial charge in [-0.05, 0) is 37.1 Å². The van der Waals surface area contributed by atoms with Gasteiger partial charge in [0.2, 0.25) is 0 Å². The predicted octanol–water partition coefficient (Wildman–Crippen LogP) is 2.73. The third-order valence-electron chi connectivity index (χ3n) is 4.49. The van der Waals surface area contributed by atoms with Crippen molar-refractivity contribution in [3.05, 3.63) is 53.5 Å². The van der Waals surface area contributed by atoms with Crippen LogP contribution in [-0.4, -0.2) is 33.8 Å². The first kappa shape index (κ1) is 16.8. The Labute approximate surface area is 156 Å². The summed E-state index contributed by atoms with van der Waals surface area (Å²) < 4.78 is 6.71. The third-order valence-corrected chi connectivity index (χ3v) is 4.49. The highest BCUT2D eigenvalue weighted by Gasteiger charge is 2.25. The number of benzene rings is 1. The molecule has 0 saturated carbocycles. The lowest BCUT2D eigenvalue weighted by Crippen LogP contribution is -2.29. The standard InChI is InChI=1S/C19H18N6O2/c1-2-27-19(26)24-6-5-14-7-16(3-4-17(14)24)21-9-13-10-22-18-15(8-20)11-23-25(18)12-13/h3-4,7,10-12,21H,2,5-6,9H2,1H3. The van der Waals surface area contributed by atoms with Crippen LogP contribution < -0.4 is 10.2 Å². The van der Waals surface area contributed by atoms with Gasteiger partial charge < -0.3 is 10.1 Å². The Morgan fingerprint density at radius 2 is 2.30 bits per heavy atom. The van der Waals surface area contributed by atoms with Crippen LogP contribution in [0.2, 0.25) is 0 Å². The molecule has 3 heterocycles. The number of ether oxygens (including phenoxy) is 1. The van der Waals surface area contributed by atoms with Crippen LogP contribution in [-0.2, 0) is 17.7 Å². The van der Waals surface area contributed by atoms with Gasteiger partial charge in [0, 0.05) is 36.7 Å². The van der Waals surface area contributed by atoms with Gasteiger partial charge in [0.25, 0.3) is 0 Å². The van der Waals surface area contributed by atoms with E-state index < -0.39 is 0 Å². The summed E-state index contributed by atoms with van der Waals surface area (Å²) in [4.78, 5) is 18.0. The number of nitrogens with zero attached hydrogens (tertiary/aromatic N) is 5. The minimum Gasteiger partial charge on any atom is -0.449 e. The maximum Gasteiger partial charge on any atom is 0.414 e. The van der Waals surface area contributed by atoms with E-state index in [9.17, 15) is 4.79 Å². The number of nitriles is 1. The first-order valence-corrected chi connectivity index (χ1v) is 8.73. The molecule has 1 aliphatic heterocycles. The molecule has 1 aliphatic rings. The molecule has 0 unspecified atom stereocenters. The number of anilines is 2. The average Bonchev–Trinajstić information content (AvgIpc) is 3.29. The summed E-state index contributed by atoms with van der Waals surface area (Å²) in [5.74, 6) is 0. The van der Waals surface area contributed by atoms with E-state index in [0.29, 0.717) is 30.9 Å². The van der Waals surface area contributed by atoms with Gasteiger partial charge in [-0.15, -0.1) is 0 Å². The normalized spacial score (nSPS) is 12.7. The molecule has 0 atom stereocenters. The Hall–Kier alpha value is -3.60. The third kappa shape index (κ3) is 3.15. The monoisotopic (exact) mass is 362 g/mol. The summed E-state index contributed by atoms with van der Waals surface area (Å²) in [5, 5.41) is 16.5. The second kappa shape index (κ2) is 6.96. The molecule has 4 rings (SSSR count). The molecule has 1 N–H and O–H groups in total. The molecular weight excluding hydrogens is 344 g/mol. The molecule has 0 saturated heterocycles. The number of carbonyl (C=O) groups excluding carboxylic acids is 1. The largest absolute Gasteiger partial charge is 0.449 e. The van der Waals surface area contributed by atoms with Crippen LogP contribution in [0.1, 0.15) is 23.6 Å². The second-order valence-electron chi connectivity index (χ2n) is 6.20. The maximum atomic E-state index is 12.0. The molecule has 8 heteroatoms. The van der Waals surface area contributed by atoms with Gasteiger partial charge in [-0.1, -0.05) is 0 Å². The number of rotatable bonds is 4. The van der Waals surface area contributed by atoms with Crippen molar-refractivity contribution in [1.82, 2.24) is 14.6 Å². The lowest BCUT2D eigenvalue weighted by Gasteiger charge is -2.16. The quantitative estimate of drug-likeness (QED) is 0.767. The van der Waals surface area contributed by atoms with E-state index >= 15 is 0 Å². The molecule has 136 valence electrons. The van der Waals surface area contributed by atoms with E-state index in [1.165, 1.54) is 6.20 Å². The summed E-state index contributed by atoms with van der Waals surface area (Å²) in [5.41, 5.74) is 4.95. The smallest absolute Gasteiger partial charge is 0.414 e. The molecule has 0 aliphatic carbocycles. The van der Waals surface area contributed by atoms with Crippen LogP contribution >= 0.6 is 0 Å². The Balaban J connectivity index is 1.47. The number of aromatic nitrogens is 3. The molecule has 27 heavy (non-hydrogen) atoms. The van der Waals surface area contributed by atoms with Crippen molar-refractivity contribution in [2.45, 2.75) is 19.9 Å². The Morgan fingerprint density at radius 1 is 1.41 bits per heavy atom. The van der Waals surface area contributed by atoms with Crippen molar-refractivity contribution in [1.29, 1.82) is 5.26 Å². The van der Waals surface area contributed by atoms with E-state index in [-0.39, 0.29) is 6.09 Å². The number of hydrogen-bond acceptors (Lipinski definition) is 6. The summed E-state index contributed by atoms with van der Waals surface area (Å²) in [7, 11) is 0. The number of hydrogen-bond donors (Lipinski definition) is 1. The van der Waals surface area contributed by atoms with Crippen LogP contribution in [0, 0.1) is 11.3 Å². The van der Waals surface area contributed by atoms with Gasteiger partial charge in [-0.25, -0.2) is 14.3 Å². The molecule has 2 aromatic heterocycles. The molecule has 3 aromatic rings.